The highest BCUT2D eigenvalue weighted by molar-refractivity contribution is 5.51. The van der Waals surface area contributed by atoms with Crippen molar-refractivity contribution in [1.82, 2.24) is 0 Å². The largest absolute Gasteiger partial charge is 0.0742 e. The van der Waals surface area contributed by atoms with E-state index in [0.717, 1.165) is 12.8 Å². The predicted octanol–water partition coefficient (Wildman–Crippen LogP) is 5.37. The topological polar surface area (TPSA) is 0 Å². The highest BCUT2D eigenvalue weighted by atomic mass is 14.2. The van der Waals surface area contributed by atoms with Crippen molar-refractivity contribution in [2.45, 2.75) is 40.5 Å². The van der Waals surface area contributed by atoms with Gasteiger partial charge in [0, 0.05) is 10.8 Å². The number of hydrogen-bond donors (Lipinski definition) is 0. The van der Waals surface area contributed by atoms with E-state index in [1.165, 1.54) is 11.1 Å². The molecule has 0 aromatic heterocycles. The molecule has 0 fully saturated rings. The third-order valence-corrected chi connectivity index (χ3v) is 4.43. The summed E-state index contributed by atoms with van der Waals surface area (Å²) in [5, 5.41) is 0. The Balaban J connectivity index is 2.37. The molecule has 0 saturated heterocycles. The quantitative estimate of drug-likeness (QED) is 0.609. The summed E-state index contributed by atoms with van der Waals surface area (Å²) in [7, 11) is 0. The Morgan fingerprint density at radius 3 is 1.17 bits per heavy atom. The van der Waals surface area contributed by atoms with Crippen LogP contribution in [0.4, 0.5) is 0 Å². The van der Waals surface area contributed by atoms with Gasteiger partial charge in [0.25, 0.3) is 0 Å². The van der Waals surface area contributed by atoms with Gasteiger partial charge in [-0.3, -0.25) is 0 Å². The van der Waals surface area contributed by atoms with Gasteiger partial charge in [-0.25, -0.2) is 0 Å². The van der Waals surface area contributed by atoms with E-state index in [4.69, 9.17) is 0 Å². The highest BCUT2D eigenvalue weighted by Crippen LogP contribution is 2.34. The van der Waals surface area contributed by atoms with Gasteiger partial charge in [-0.05, 0) is 24.0 Å². The smallest absolute Gasteiger partial charge is 0.00367 e. The molecule has 18 heavy (non-hydrogen) atoms. The molecular formula is C18H24. The molecule has 0 aromatic rings. The van der Waals surface area contributed by atoms with E-state index < -0.39 is 0 Å². The molecule has 0 heterocycles. The summed E-state index contributed by atoms with van der Waals surface area (Å²) < 4.78 is 0. The molecule has 0 spiro atoms. The van der Waals surface area contributed by atoms with Crippen LogP contribution in [0.1, 0.15) is 40.5 Å². The summed E-state index contributed by atoms with van der Waals surface area (Å²) in [4.78, 5) is 0. The second kappa shape index (κ2) is 4.76. The van der Waals surface area contributed by atoms with Crippen LogP contribution < -0.4 is 0 Å². The SMILES string of the molecule is CCC1(C)C=CC2=C(C=C1)C=CC(C)(CC)C=C2. The van der Waals surface area contributed by atoms with Gasteiger partial charge in [0.05, 0.1) is 0 Å². The summed E-state index contributed by atoms with van der Waals surface area (Å²) in [6.45, 7) is 9.06. The van der Waals surface area contributed by atoms with E-state index in [2.05, 4.69) is 76.3 Å². The lowest BCUT2D eigenvalue weighted by Gasteiger charge is -2.19. The fraction of sp³-hybridized carbons (Fsp3) is 0.444. The van der Waals surface area contributed by atoms with Crippen LogP contribution >= 0.6 is 0 Å². The van der Waals surface area contributed by atoms with Crippen LogP contribution in [0, 0.1) is 10.8 Å². The molecule has 0 unspecified atom stereocenters. The standard InChI is InChI=1S/C18H24/c1-5-17(3)11-7-15-9-13-18(4,6-2)14-10-16(15)8-12-17/h7-14H,5-6H2,1-4H3. The summed E-state index contributed by atoms with van der Waals surface area (Å²) in [6, 6.07) is 0. The third kappa shape index (κ3) is 2.58. The zero-order chi connectivity index (χ0) is 13.2. The first-order valence-corrected chi connectivity index (χ1v) is 7.01. The Morgan fingerprint density at radius 2 is 0.944 bits per heavy atom. The average Bonchev–Trinajstić information content (AvgIpc) is 2.64. The Morgan fingerprint density at radius 1 is 0.667 bits per heavy atom. The number of allylic oxidation sites excluding steroid dienone is 10. The van der Waals surface area contributed by atoms with Gasteiger partial charge in [0.2, 0.25) is 0 Å². The van der Waals surface area contributed by atoms with E-state index in [9.17, 15) is 0 Å². The second-order valence-electron chi connectivity index (χ2n) is 5.96. The van der Waals surface area contributed by atoms with Gasteiger partial charge in [-0.2, -0.15) is 0 Å². The summed E-state index contributed by atoms with van der Waals surface area (Å²) in [5.74, 6) is 0. The van der Waals surface area contributed by atoms with Crippen molar-refractivity contribution < 1.29 is 0 Å². The molecule has 0 aromatic carbocycles. The van der Waals surface area contributed by atoms with E-state index in [0.29, 0.717) is 0 Å². The van der Waals surface area contributed by atoms with Gasteiger partial charge in [0.1, 0.15) is 0 Å². The minimum atomic E-state index is 0.196. The van der Waals surface area contributed by atoms with Crippen molar-refractivity contribution in [3.63, 3.8) is 0 Å². The Hall–Kier alpha value is -1.30. The maximum atomic E-state index is 2.33. The Kier molecular flexibility index (Phi) is 3.47. The highest BCUT2D eigenvalue weighted by Gasteiger charge is 2.20. The minimum Gasteiger partial charge on any atom is -0.0742 e. The van der Waals surface area contributed by atoms with Crippen molar-refractivity contribution in [1.29, 1.82) is 0 Å². The minimum absolute atomic E-state index is 0.196. The van der Waals surface area contributed by atoms with Gasteiger partial charge < -0.3 is 0 Å². The lowest BCUT2D eigenvalue weighted by molar-refractivity contribution is 0.529. The first-order chi connectivity index (χ1) is 8.50. The summed E-state index contributed by atoms with van der Waals surface area (Å²) in [6.07, 6.45) is 20.7. The van der Waals surface area contributed by atoms with Crippen LogP contribution in [-0.2, 0) is 0 Å². The van der Waals surface area contributed by atoms with E-state index >= 15 is 0 Å². The number of hydrogen-bond acceptors (Lipinski definition) is 0. The molecule has 2 aliphatic rings. The molecule has 0 saturated carbocycles. The molecule has 0 bridgehead atoms. The molecule has 0 radical (unpaired) electrons. The Bertz CT molecular complexity index is 390. The van der Waals surface area contributed by atoms with Gasteiger partial charge in [-0.15, -0.1) is 0 Å². The van der Waals surface area contributed by atoms with E-state index in [-0.39, 0.29) is 10.8 Å². The predicted molar refractivity (Wildman–Crippen MR) is 80.4 cm³/mol. The molecule has 0 amide bonds. The van der Waals surface area contributed by atoms with Gasteiger partial charge in [0.15, 0.2) is 0 Å². The lowest BCUT2D eigenvalue weighted by Crippen LogP contribution is -2.07. The van der Waals surface area contributed by atoms with Crippen LogP contribution in [0.5, 0.6) is 0 Å². The molecular weight excluding hydrogens is 216 g/mol. The van der Waals surface area contributed by atoms with E-state index in [1.54, 1.807) is 0 Å². The van der Waals surface area contributed by atoms with Crippen LogP contribution in [0.15, 0.2) is 59.8 Å². The number of rotatable bonds is 2. The molecule has 0 N–H and O–H groups in total. The molecule has 2 rings (SSSR count). The molecule has 2 aliphatic carbocycles. The van der Waals surface area contributed by atoms with E-state index in [1.807, 2.05) is 0 Å². The molecule has 0 atom stereocenters. The molecule has 0 heteroatoms. The molecule has 0 aliphatic heterocycles. The Labute approximate surface area is 111 Å². The van der Waals surface area contributed by atoms with Crippen molar-refractivity contribution in [3.05, 3.63) is 59.8 Å². The van der Waals surface area contributed by atoms with Crippen LogP contribution in [0.2, 0.25) is 0 Å². The maximum absolute atomic E-state index is 2.33. The second-order valence-corrected chi connectivity index (χ2v) is 5.96. The zero-order valence-electron chi connectivity index (χ0n) is 12.0. The third-order valence-electron chi connectivity index (χ3n) is 4.43. The van der Waals surface area contributed by atoms with Crippen LogP contribution in [0.3, 0.4) is 0 Å². The summed E-state index contributed by atoms with van der Waals surface area (Å²) in [5.41, 5.74) is 3.05. The molecule has 96 valence electrons. The first-order valence-electron chi connectivity index (χ1n) is 7.01. The fourth-order valence-corrected chi connectivity index (χ4v) is 2.20. The summed E-state index contributed by atoms with van der Waals surface area (Å²) >= 11 is 0. The lowest BCUT2D eigenvalue weighted by atomic mass is 9.86. The van der Waals surface area contributed by atoms with Crippen molar-refractivity contribution in [2.24, 2.45) is 10.8 Å². The van der Waals surface area contributed by atoms with Crippen molar-refractivity contribution in [2.75, 3.05) is 0 Å². The van der Waals surface area contributed by atoms with Crippen LogP contribution in [0.25, 0.3) is 0 Å². The van der Waals surface area contributed by atoms with Crippen molar-refractivity contribution >= 4 is 0 Å². The zero-order valence-corrected chi connectivity index (χ0v) is 12.0. The van der Waals surface area contributed by atoms with Crippen LogP contribution in [-0.4, -0.2) is 0 Å². The monoisotopic (exact) mass is 240 g/mol. The van der Waals surface area contributed by atoms with Crippen molar-refractivity contribution in [3.8, 4) is 0 Å². The first kappa shape index (κ1) is 13.1. The normalized spacial score (nSPS) is 23.8. The molecule has 0 nitrogen and oxygen atoms in total. The van der Waals surface area contributed by atoms with Gasteiger partial charge >= 0.3 is 0 Å². The van der Waals surface area contributed by atoms with Gasteiger partial charge in [-0.1, -0.05) is 76.3 Å². The fourth-order valence-electron chi connectivity index (χ4n) is 2.20. The average molecular weight is 240 g/mol. The maximum Gasteiger partial charge on any atom is 0.00367 e.